The van der Waals surface area contributed by atoms with Gasteiger partial charge in [-0.15, -0.1) is 0 Å². The van der Waals surface area contributed by atoms with Crippen LogP contribution in [0.5, 0.6) is 5.75 Å². The number of alkyl halides is 2. The topological polar surface area (TPSA) is 49.9 Å². The van der Waals surface area contributed by atoms with E-state index in [0.717, 1.165) is 23.6 Å². The summed E-state index contributed by atoms with van der Waals surface area (Å²) in [6, 6.07) is 8.34. The molecule has 0 saturated heterocycles. The first-order chi connectivity index (χ1) is 9.54. The van der Waals surface area contributed by atoms with Gasteiger partial charge in [-0.25, -0.2) is 0 Å². The molecule has 2 N–H and O–H groups in total. The number of ether oxygens (including phenoxy) is 1. The maximum Gasteiger partial charge on any atom is 0.387 e. The predicted octanol–water partition coefficient (Wildman–Crippen LogP) is 3.75. The summed E-state index contributed by atoms with van der Waals surface area (Å²) in [5.41, 5.74) is 1.49. The van der Waals surface area contributed by atoms with Crippen LogP contribution >= 0.6 is 0 Å². The van der Waals surface area contributed by atoms with E-state index in [9.17, 15) is 8.78 Å². The second-order valence-electron chi connectivity index (χ2n) is 4.85. The zero-order chi connectivity index (χ0) is 14.5. The van der Waals surface area contributed by atoms with E-state index < -0.39 is 6.61 Å². The maximum absolute atomic E-state index is 12.2. The number of nitrogens with zero attached hydrogens (tertiary/aromatic N) is 1. The van der Waals surface area contributed by atoms with Crippen LogP contribution < -0.4 is 10.1 Å². The summed E-state index contributed by atoms with van der Waals surface area (Å²) in [7, 11) is 0. The molecule has 108 valence electrons. The minimum atomic E-state index is -2.82. The Balaban J connectivity index is 2.11. The van der Waals surface area contributed by atoms with E-state index in [1.54, 1.807) is 18.2 Å². The molecule has 2 rings (SSSR count). The van der Waals surface area contributed by atoms with Crippen molar-refractivity contribution in [2.45, 2.75) is 20.5 Å². The molecule has 0 unspecified atom stereocenters. The molecule has 0 spiro atoms. The van der Waals surface area contributed by atoms with Crippen molar-refractivity contribution in [3.05, 3.63) is 30.3 Å². The number of rotatable bonds is 6. The fourth-order valence-electron chi connectivity index (χ4n) is 1.71. The Bertz CT molecular complexity index is 555. The number of halogens is 2. The molecule has 20 heavy (non-hydrogen) atoms. The van der Waals surface area contributed by atoms with Gasteiger partial charge in [0.05, 0.1) is 5.69 Å². The van der Waals surface area contributed by atoms with Gasteiger partial charge < -0.3 is 10.1 Å². The number of hydrogen-bond donors (Lipinski definition) is 2. The number of hydrogen-bond acceptors (Lipinski definition) is 3. The van der Waals surface area contributed by atoms with Crippen molar-refractivity contribution in [2.24, 2.45) is 5.92 Å². The van der Waals surface area contributed by atoms with E-state index in [1.807, 2.05) is 6.07 Å². The average molecular weight is 281 g/mol. The number of aromatic nitrogens is 2. The number of benzene rings is 1. The maximum atomic E-state index is 12.2. The third-order valence-corrected chi connectivity index (χ3v) is 2.64. The van der Waals surface area contributed by atoms with Gasteiger partial charge in [0.25, 0.3) is 0 Å². The molecule has 6 heteroatoms. The quantitative estimate of drug-likeness (QED) is 0.848. The number of H-pyrrole nitrogens is 1. The normalized spacial score (nSPS) is 11.1. The molecule has 2 aromatic rings. The van der Waals surface area contributed by atoms with Crippen LogP contribution in [0.3, 0.4) is 0 Å². The standard InChI is InChI=1S/C14H17F2N3O/c1-9(2)8-17-13-7-12(18-19-13)10-4-3-5-11(6-10)20-14(15)16/h3-7,9,14H,8H2,1-2H3,(H2,17,18,19). The van der Waals surface area contributed by atoms with E-state index in [-0.39, 0.29) is 5.75 Å². The van der Waals surface area contributed by atoms with Crippen LogP contribution in [-0.2, 0) is 0 Å². The van der Waals surface area contributed by atoms with Crippen LogP contribution in [-0.4, -0.2) is 23.4 Å². The molecule has 0 radical (unpaired) electrons. The van der Waals surface area contributed by atoms with Crippen molar-refractivity contribution in [3.63, 3.8) is 0 Å². The van der Waals surface area contributed by atoms with Crippen LogP contribution in [0.1, 0.15) is 13.8 Å². The highest BCUT2D eigenvalue weighted by Crippen LogP contribution is 2.24. The Morgan fingerprint density at radius 3 is 2.80 bits per heavy atom. The molecule has 0 fully saturated rings. The number of aromatic amines is 1. The Morgan fingerprint density at radius 1 is 1.30 bits per heavy atom. The monoisotopic (exact) mass is 281 g/mol. The highest BCUT2D eigenvalue weighted by molar-refractivity contribution is 5.64. The summed E-state index contributed by atoms with van der Waals surface area (Å²) in [5.74, 6) is 1.37. The van der Waals surface area contributed by atoms with Crippen molar-refractivity contribution >= 4 is 5.82 Å². The van der Waals surface area contributed by atoms with Gasteiger partial charge in [0.2, 0.25) is 0 Å². The van der Waals surface area contributed by atoms with Crippen LogP contribution in [0, 0.1) is 5.92 Å². The van der Waals surface area contributed by atoms with Gasteiger partial charge in [0.1, 0.15) is 11.6 Å². The largest absolute Gasteiger partial charge is 0.435 e. The molecule has 1 aromatic carbocycles. The fourth-order valence-corrected chi connectivity index (χ4v) is 1.71. The summed E-state index contributed by atoms with van der Waals surface area (Å²) in [5, 5.41) is 10.2. The molecule has 0 aliphatic carbocycles. The summed E-state index contributed by atoms with van der Waals surface area (Å²) in [4.78, 5) is 0. The number of anilines is 1. The van der Waals surface area contributed by atoms with E-state index >= 15 is 0 Å². The van der Waals surface area contributed by atoms with Gasteiger partial charge in [-0.2, -0.15) is 13.9 Å². The van der Waals surface area contributed by atoms with Crippen LogP contribution in [0.25, 0.3) is 11.3 Å². The molecular formula is C14H17F2N3O. The van der Waals surface area contributed by atoms with Crippen molar-refractivity contribution in [1.82, 2.24) is 10.2 Å². The second kappa shape index (κ2) is 6.36. The average Bonchev–Trinajstić information content (AvgIpc) is 2.84. The van der Waals surface area contributed by atoms with Gasteiger partial charge in [0, 0.05) is 18.2 Å². The summed E-state index contributed by atoms with van der Waals surface area (Å²) >= 11 is 0. The lowest BCUT2D eigenvalue weighted by Gasteiger charge is -2.05. The summed E-state index contributed by atoms with van der Waals surface area (Å²) < 4.78 is 28.7. The Kier molecular flexibility index (Phi) is 4.55. The fraction of sp³-hybridized carbons (Fsp3) is 0.357. The van der Waals surface area contributed by atoms with Gasteiger partial charge in [-0.3, -0.25) is 5.10 Å². The molecule has 4 nitrogen and oxygen atoms in total. The van der Waals surface area contributed by atoms with E-state index in [2.05, 4.69) is 34.1 Å². The number of nitrogens with one attached hydrogen (secondary N) is 2. The Labute approximate surface area is 116 Å². The minimum absolute atomic E-state index is 0.129. The zero-order valence-electron chi connectivity index (χ0n) is 11.4. The second-order valence-corrected chi connectivity index (χ2v) is 4.85. The molecular weight excluding hydrogens is 264 g/mol. The zero-order valence-corrected chi connectivity index (χ0v) is 11.4. The SMILES string of the molecule is CC(C)CNc1cc(-c2cccc(OC(F)F)c2)[nH]n1. The molecule has 1 heterocycles. The lowest BCUT2D eigenvalue weighted by Crippen LogP contribution is -2.07. The van der Waals surface area contributed by atoms with E-state index in [1.165, 1.54) is 6.07 Å². The smallest absolute Gasteiger partial charge is 0.387 e. The van der Waals surface area contributed by atoms with Crippen LogP contribution in [0.4, 0.5) is 14.6 Å². The third-order valence-electron chi connectivity index (χ3n) is 2.64. The van der Waals surface area contributed by atoms with Crippen LogP contribution in [0.2, 0.25) is 0 Å². The van der Waals surface area contributed by atoms with Gasteiger partial charge in [-0.05, 0) is 18.1 Å². The van der Waals surface area contributed by atoms with Crippen molar-refractivity contribution in [3.8, 4) is 17.0 Å². The molecule has 0 saturated carbocycles. The van der Waals surface area contributed by atoms with Gasteiger partial charge in [-0.1, -0.05) is 26.0 Å². The summed E-state index contributed by atoms with van der Waals surface area (Å²) in [6.07, 6.45) is 0. The first-order valence-electron chi connectivity index (χ1n) is 6.39. The lowest BCUT2D eigenvalue weighted by molar-refractivity contribution is -0.0498. The molecule has 0 amide bonds. The molecule has 0 atom stereocenters. The first-order valence-corrected chi connectivity index (χ1v) is 6.39. The first kappa shape index (κ1) is 14.3. The lowest BCUT2D eigenvalue weighted by atomic mass is 10.1. The van der Waals surface area contributed by atoms with Crippen molar-refractivity contribution < 1.29 is 13.5 Å². The summed E-state index contributed by atoms with van der Waals surface area (Å²) in [6.45, 7) is 2.20. The van der Waals surface area contributed by atoms with Crippen LogP contribution in [0.15, 0.2) is 30.3 Å². The van der Waals surface area contributed by atoms with Gasteiger partial charge in [0.15, 0.2) is 0 Å². The molecule has 0 aliphatic rings. The van der Waals surface area contributed by atoms with E-state index in [4.69, 9.17) is 0 Å². The Morgan fingerprint density at radius 2 is 2.10 bits per heavy atom. The van der Waals surface area contributed by atoms with Crippen molar-refractivity contribution in [1.29, 1.82) is 0 Å². The third kappa shape index (κ3) is 3.94. The van der Waals surface area contributed by atoms with Crippen molar-refractivity contribution in [2.75, 3.05) is 11.9 Å². The molecule has 0 aliphatic heterocycles. The highest BCUT2D eigenvalue weighted by atomic mass is 19.3. The predicted molar refractivity (Wildman–Crippen MR) is 74.0 cm³/mol. The van der Waals surface area contributed by atoms with E-state index in [0.29, 0.717) is 5.92 Å². The molecule has 1 aromatic heterocycles. The highest BCUT2D eigenvalue weighted by Gasteiger charge is 2.08. The minimum Gasteiger partial charge on any atom is -0.435 e. The molecule has 0 bridgehead atoms. The van der Waals surface area contributed by atoms with Gasteiger partial charge >= 0.3 is 6.61 Å². The Hall–Kier alpha value is -2.11.